The molecule has 1 N–H and O–H groups in total. The second-order valence-electron chi connectivity index (χ2n) is 3.10. The summed E-state index contributed by atoms with van der Waals surface area (Å²) in [6, 6.07) is 0. The van der Waals surface area contributed by atoms with Gasteiger partial charge in [0.15, 0.2) is 0 Å². The molecule has 0 amide bonds. The van der Waals surface area contributed by atoms with Crippen LogP contribution >= 0.6 is 0 Å². The molecule has 2 nitrogen and oxygen atoms in total. The average molecular weight is 170 g/mol. The van der Waals surface area contributed by atoms with Crippen molar-refractivity contribution in [2.45, 2.75) is 46.5 Å². The summed E-state index contributed by atoms with van der Waals surface area (Å²) in [4.78, 5) is 4.39. The molecule has 0 saturated heterocycles. The molecule has 0 heterocycles. The van der Waals surface area contributed by atoms with Crippen LogP contribution in [0.3, 0.4) is 0 Å². The Kier molecular flexibility index (Phi) is 8.19. The van der Waals surface area contributed by atoms with Crippen molar-refractivity contribution in [1.29, 1.82) is 0 Å². The fourth-order valence-corrected chi connectivity index (χ4v) is 0.907. The first kappa shape index (κ1) is 11.5. The monoisotopic (exact) mass is 170 g/mol. The Labute approximate surface area is 76.5 Å². The zero-order valence-corrected chi connectivity index (χ0v) is 8.69. The minimum absolute atomic E-state index is 0.974. The number of hydrogen-bond acceptors (Lipinski definition) is 1. The van der Waals surface area contributed by atoms with Gasteiger partial charge in [0.25, 0.3) is 0 Å². The van der Waals surface area contributed by atoms with Crippen molar-refractivity contribution in [3.63, 3.8) is 0 Å². The lowest BCUT2D eigenvalue weighted by Crippen LogP contribution is -2.21. The molecule has 0 aromatic rings. The fourth-order valence-electron chi connectivity index (χ4n) is 0.907. The summed E-state index contributed by atoms with van der Waals surface area (Å²) in [7, 11) is 0. The number of nitrogens with one attached hydrogen (secondary N) is 1. The summed E-state index contributed by atoms with van der Waals surface area (Å²) in [5.41, 5.74) is 0. The van der Waals surface area contributed by atoms with Crippen molar-refractivity contribution in [2.24, 2.45) is 4.99 Å². The SMILES string of the molecule is CCCCN=C(C)NCCCC. The Hall–Kier alpha value is -0.530. The molecule has 0 aromatic carbocycles. The molecule has 0 aromatic heterocycles. The molecule has 0 fully saturated rings. The average Bonchev–Trinajstić information content (AvgIpc) is 2.06. The Bertz CT molecular complexity index is 119. The molecule has 0 spiro atoms. The predicted octanol–water partition coefficient (Wildman–Crippen LogP) is 2.59. The minimum Gasteiger partial charge on any atom is -0.374 e. The van der Waals surface area contributed by atoms with Crippen LogP contribution in [0.25, 0.3) is 0 Å². The predicted molar refractivity (Wildman–Crippen MR) is 55.8 cm³/mol. The lowest BCUT2D eigenvalue weighted by Gasteiger charge is -2.03. The second-order valence-corrected chi connectivity index (χ2v) is 3.10. The van der Waals surface area contributed by atoms with E-state index in [0.29, 0.717) is 0 Å². The van der Waals surface area contributed by atoms with Gasteiger partial charge >= 0.3 is 0 Å². The van der Waals surface area contributed by atoms with Crippen LogP contribution < -0.4 is 5.32 Å². The van der Waals surface area contributed by atoms with E-state index in [1.54, 1.807) is 0 Å². The maximum Gasteiger partial charge on any atom is 0.0931 e. The van der Waals surface area contributed by atoms with Crippen LogP contribution in [-0.4, -0.2) is 18.9 Å². The highest BCUT2D eigenvalue weighted by Crippen LogP contribution is 1.88. The van der Waals surface area contributed by atoms with Crippen LogP contribution in [0.2, 0.25) is 0 Å². The molecule has 0 aliphatic rings. The maximum atomic E-state index is 4.39. The van der Waals surface area contributed by atoms with Gasteiger partial charge in [0.05, 0.1) is 5.84 Å². The molecule has 0 radical (unpaired) electrons. The topological polar surface area (TPSA) is 24.4 Å². The van der Waals surface area contributed by atoms with E-state index in [0.717, 1.165) is 18.9 Å². The molecule has 0 aliphatic carbocycles. The van der Waals surface area contributed by atoms with Gasteiger partial charge in [0, 0.05) is 13.1 Å². The van der Waals surface area contributed by atoms with Crippen molar-refractivity contribution in [1.82, 2.24) is 5.32 Å². The Balaban J connectivity index is 3.29. The number of hydrogen-bond donors (Lipinski definition) is 1. The van der Waals surface area contributed by atoms with Gasteiger partial charge in [-0.25, -0.2) is 0 Å². The summed E-state index contributed by atoms with van der Waals surface area (Å²) >= 11 is 0. The highest BCUT2D eigenvalue weighted by molar-refractivity contribution is 5.79. The lowest BCUT2D eigenvalue weighted by molar-refractivity contribution is 0.744. The summed E-state index contributed by atoms with van der Waals surface area (Å²) < 4.78 is 0. The van der Waals surface area contributed by atoms with Gasteiger partial charge in [-0.15, -0.1) is 0 Å². The molecule has 0 saturated carbocycles. The summed E-state index contributed by atoms with van der Waals surface area (Å²) in [5, 5.41) is 3.29. The number of unbranched alkanes of at least 4 members (excludes halogenated alkanes) is 2. The van der Waals surface area contributed by atoms with E-state index in [2.05, 4.69) is 24.2 Å². The van der Waals surface area contributed by atoms with E-state index in [4.69, 9.17) is 0 Å². The molecule has 0 unspecified atom stereocenters. The minimum atomic E-state index is 0.974. The van der Waals surface area contributed by atoms with Gasteiger partial charge in [0.1, 0.15) is 0 Å². The second kappa shape index (κ2) is 8.57. The van der Waals surface area contributed by atoms with Crippen LogP contribution in [0.4, 0.5) is 0 Å². The van der Waals surface area contributed by atoms with Crippen molar-refractivity contribution in [3.8, 4) is 0 Å². The van der Waals surface area contributed by atoms with E-state index in [1.807, 2.05) is 6.92 Å². The molecule has 12 heavy (non-hydrogen) atoms. The third kappa shape index (κ3) is 7.58. The first-order valence-electron chi connectivity index (χ1n) is 5.06. The van der Waals surface area contributed by atoms with Gasteiger partial charge in [-0.1, -0.05) is 26.7 Å². The number of rotatable bonds is 6. The smallest absolute Gasteiger partial charge is 0.0931 e. The fraction of sp³-hybridized carbons (Fsp3) is 0.900. The zero-order valence-electron chi connectivity index (χ0n) is 8.69. The molecule has 2 heteroatoms. The Morgan fingerprint density at radius 3 is 2.42 bits per heavy atom. The van der Waals surface area contributed by atoms with Gasteiger partial charge in [-0.2, -0.15) is 0 Å². The quantitative estimate of drug-likeness (QED) is 0.370. The first-order chi connectivity index (χ1) is 5.81. The Morgan fingerprint density at radius 1 is 1.17 bits per heavy atom. The van der Waals surface area contributed by atoms with E-state index in [9.17, 15) is 0 Å². The Morgan fingerprint density at radius 2 is 1.83 bits per heavy atom. The van der Waals surface area contributed by atoms with E-state index in [-0.39, 0.29) is 0 Å². The zero-order chi connectivity index (χ0) is 9.23. The molecule has 0 rings (SSSR count). The number of nitrogens with zero attached hydrogens (tertiary/aromatic N) is 1. The van der Waals surface area contributed by atoms with E-state index in [1.165, 1.54) is 25.7 Å². The van der Waals surface area contributed by atoms with Crippen LogP contribution in [0.5, 0.6) is 0 Å². The third-order valence-corrected chi connectivity index (χ3v) is 1.77. The maximum absolute atomic E-state index is 4.39. The molecular formula is C10H22N2. The van der Waals surface area contributed by atoms with Crippen molar-refractivity contribution in [3.05, 3.63) is 0 Å². The summed E-state index contributed by atoms with van der Waals surface area (Å²) in [6.45, 7) is 8.48. The van der Waals surface area contributed by atoms with Gasteiger partial charge in [-0.3, -0.25) is 4.99 Å². The summed E-state index contributed by atoms with van der Waals surface area (Å²) in [6.07, 6.45) is 4.91. The van der Waals surface area contributed by atoms with Crippen molar-refractivity contribution >= 4 is 5.84 Å². The van der Waals surface area contributed by atoms with E-state index < -0.39 is 0 Å². The first-order valence-corrected chi connectivity index (χ1v) is 5.06. The largest absolute Gasteiger partial charge is 0.374 e. The third-order valence-electron chi connectivity index (χ3n) is 1.77. The van der Waals surface area contributed by atoms with Crippen LogP contribution in [0.1, 0.15) is 46.5 Å². The molecular weight excluding hydrogens is 148 g/mol. The van der Waals surface area contributed by atoms with Crippen molar-refractivity contribution < 1.29 is 0 Å². The van der Waals surface area contributed by atoms with Crippen LogP contribution in [0.15, 0.2) is 4.99 Å². The van der Waals surface area contributed by atoms with Crippen molar-refractivity contribution in [2.75, 3.05) is 13.1 Å². The molecule has 72 valence electrons. The van der Waals surface area contributed by atoms with Crippen LogP contribution in [-0.2, 0) is 0 Å². The van der Waals surface area contributed by atoms with Gasteiger partial charge < -0.3 is 5.32 Å². The molecule has 0 atom stereocenters. The van der Waals surface area contributed by atoms with E-state index >= 15 is 0 Å². The lowest BCUT2D eigenvalue weighted by atomic mass is 10.3. The van der Waals surface area contributed by atoms with Crippen LogP contribution in [0, 0.1) is 0 Å². The normalized spacial score (nSPS) is 11.8. The van der Waals surface area contributed by atoms with Gasteiger partial charge in [0.2, 0.25) is 0 Å². The standard InChI is InChI=1S/C10H22N2/c1-4-6-8-11-10(3)12-9-7-5-2/h4-9H2,1-3H3,(H,11,12). The summed E-state index contributed by atoms with van der Waals surface area (Å²) in [5.74, 6) is 1.09. The molecule has 0 aliphatic heterocycles. The molecule has 0 bridgehead atoms. The number of aliphatic imine (C=N–C) groups is 1. The number of amidine groups is 1. The highest BCUT2D eigenvalue weighted by Gasteiger charge is 1.88. The highest BCUT2D eigenvalue weighted by atomic mass is 15.0. The van der Waals surface area contributed by atoms with Gasteiger partial charge in [-0.05, 0) is 19.8 Å².